The highest BCUT2D eigenvalue weighted by Crippen LogP contribution is 2.14. The van der Waals surface area contributed by atoms with Crippen LogP contribution in [0.25, 0.3) is 0 Å². The summed E-state index contributed by atoms with van der Waals surface area (Å²) in [6, 6.07) is 6.64. The molecule has 1 rings (SSSR count). The van der Waals surface area contributed by atoms with Gasteiger partial charge in [0.05, 0.1) is 5.69 Å². The van der Waals surface area contributed by atoms with Crippen LogP contribution in [0.3, 0.4) is 0 Å². The molecule has 0 aliphatic carbocycles. The van der Waals surface area contributed by atoms with E-state index >= 15 is 0 Å². The second kappa shape index (κ2) is 3.12. The molecule has 0 atom stereocenters. The predicted molar refractivity (Wildman–Crippen MR) is 44.5 cm³/mol. The summed E-state index contributed by atoms with van der Waals surface area (Å²) in [6.07, 6.45) is 0. The molecule has 12 heavy (non-hydrogen) atoms. The van der Waals surface area contributed by atoms with E-state index in [0.717, 1.165) is 0 Å². The van der Waals surface area contributed by atoms with Crippen LogP contribution in [-0.4, -0.2) is 13.0 Å². The lowest BCUT2D eigenvalue weighted by Gasteiger charge is -2.01. The van der Waals surface area contributed by atoms with E-state index in [4.69, 9.17) is 4.55 Å². The quantitative estimate of drug-likeness (QED) is 0.701. The average Bonchev–Trinajstić information content (AvgIpc) is 1.91. The standard InChI is InChI=1S/C7H8NO3S/c1-6-4-2-3-5-7(6)8-12(9,10)11/h2-5H,1H3,(H,9,10,11). The van der Waals surface area contributed by atoms with Gasteiger partial charge in [0, 0.05) is 0 Å². The molecule has 5 heteroatoms. The molecular formula is C7H8NO3S. The van der Waals surface area contributed by atoms with Crippen molar-refractivity contribution in [2.45, 2.75) is 6.92 Å². The van der Waals surface area contributed by atoms with Crippen LogP contribution in [0.2, 0.25) is 0 Å². The molecule has 0 aromatic heterocycles. The summed E-state index contributed by atoms with van der Waals surface area (Å²) < 4.78 is 32.2. The van der Waals surface area contributed by atoms with Crippen LogP contribution in [0.1, 0.15) is 5.56 Å². The summed E-state index contributed by atoms with van der Waals surface area (Å²) in [5.41, 5.74) is 0.968. The Bertz CT molecular complexity index is 372. The normalized spacial score (nSPS) is 11.2. The summed E-state index contributed by atoms with van der Waals surface area (Å²) in [6.45, 7) is 1.71. The maximum absolute atomic E-state index is 10.3. The third kappa shape index (κ3) is 2.52. The molecule has 1 aromatic carbocycles. The minimum absolute atomic E-state index is 0.264. The van der Waals surface area contributed by atoms with Crippen molar-refractivity contribution < 1.29 is 13.0 Å². The minimum Gasteiger partial charge on any atom is -0.268 e. The summed E-state index contributed by atoms with van der Waals surface area (Å²) in [4.78, 5) is 0. The van der Waals surface area contributed by atoms with Crippen molar-refractivity contribution in [3.63, 3.8) is 0 Å². The van der Waals surface area contributed by atoms with Crippen LogP contribution in [0.5, 0.6) is 0 Å². The maximum atomic E-state index is 10.3. The fraction of sp³-hybridized carbons (Fsp3) is 0.143. The molecule has 0 spiro atoms. The average molecular weight is 186 g/mol. The highest BCUT2D eigenvalue weighted by Gasteiger charge is 2.07. The zero-order valence-electron chi connectivity index (χ0n) is 6.43. The molecule has 0 saturated carbocycles. The van der Waals surface area contributed by atoms with Crippen molar-refractivity contribution >= 4 is 16.0 Å². The van der Waals surface area contributed by atoms with Crippen molar-refractivity contribution in [3.8, 4) is 0 Å². The molecule has 0 unspecified atom stereocenters. The van der Waals surface area contributed by atoms with E-state index in [0.29, 0.717) is 5.56 Å². The number of rotatable bonds is 2. The molecule has 0 bridgehead atoms. The highest BCUT2D eigenvalue weighted by atomic mass is 32.2. The van der Waals surface area contributed by atoms with E-state index in [1.165, 1.54) is 6.07 Å². The first kappa shape index (κ1) is 9.02. The van der Waals surface area contributed by atoms with Crippen LogP contribution in [0.15, 0.2) is 24.3 Å². The Morgan fingerprint density at radius 3 is 2.42 bits per heavy atom. The van der Waals surface area contributed by atoms with Gasteiger partial charge in [-0.1, -0.05) is 18.2 Å². The van der Waals surface area contributed by atoms with E-state index in [2.05, 4.69) is 4.72 Å². The Labute approximate surface area is 71.1 Å². The van der Waals surface area contributed by atoms with E-state index in [1.807, 2.05) is 0 Å². The molecule has 0 fully saturated rings. The van der Waals surface area contributed by atoms with Gasteiger partial charge in [-0.15, -0.1) is 4.72 Å². The molecule has 0 saturated heterocycles. The third-order valence-electron chi connectivity index (χ3n) is 1.33. The minimum atomic E-state index is -4.27. The molecule has 0 heterocycles. The largest absolute Gasteiger partial charge is 0.378 e. The molecule has 0 aliphatic rings. The first-order chi connectivity index (χ1) is 5.49. The number of nitrogens with zero attached hydrogens (tertiary/aromatic N) is 1. The summed E-state index contributed by atoms with van der Waals surface area (Å²) in [7, 11) is -4.27. The van der Waals surface area contributed by atoms with Gasteiger partial charge in [0.2, 0.25) is 0 Å². The Kier molecular flexibility index (Phi) is 2.35. The smallest absolute Gasteiger partial charge is 0.268 e. The van der Waals surface area contributed by atoms with Crippen molar-refractivity contribution in [3.05, 3.63) is 29.8 Å². The van der Waals surface area contributed by atoms with Gasteiger partial charge < -0.3 is 0 Å². The maximum Gasteiger partial charge on any atom is 0.378 e. The summed E-state index contributed by atoms with van der Waals surface area (Å²) in [5.74, 6) is 0. The third-order valence-corrected chi connectivity index (χ3v) is 1.76. The van der Waals surface area contributed by atoms with Crippen molar-refractivity contribution in [2.75, 3.05) is 0 Å². The topological polar surface area (TPSA) is 68.5 Å². The fourth-order valence-electron chi connectivity index (χ4n) is 0.790. The number of benzene rings is 1. The van der Waals surface area contributed by atoms with Gasteiger partial charge >= 0.3 is 10.3 Å². The Morgan fingerprint density at radius 1 is 1.33 bits per heavy atom. The van der Waals surface area contributed by atoms with Gasteiger partial charge in [-0.2, -0.15) is 8.42 Å². The van der Waals surface area contributed by atoms with Crippen molar-refractivity contribution in [1.29, 1.82) is 0 Å². The Morgan fingerprint density at radius 2 is 1.92 bits per heavy atom. The predicted octanol–water partition coefficient (Wildman–Crippen LogP) is 1.03. The lowest BCUT2D eigenvalue weighted by Crippen LogP contribution is -2.09. The second-order valence-corrected chi connectivity index (χ2v) is 3.40. The van der Waals surface area contributed by atoms with E-state index in [1.54, 1.807) is 25.1 Å². The first-order valence-corrected chi connectivity index (χ1v) is 4.65. The van der Waals surface area contributed by atoms with Crippen molar-refractivity contribution in [1.82, 2.24) is 4.72 Å². The van der Waals surface area contributed by atoms with Crippen LogP contribution >= 0.6 is 0 Å². The fourth-order valence-corrected chi connectivity index (χ4v) is 1.24. The summed E-state index contributed by atoms with van der Waals surface area (Å²) in [5, 5.41) is 0. The molecule has 1 aromatic rings. The zero-order chi connectivity index (χ0) is 9.19. The number of hydrogen-bond donors (Lipinski definition) is 1. The monoisotopic (exact) mass is 186 g/mol. The van der Waals surface area contributed by atoms with Gasteiger partial charge in [-0.25, -0.2) is 0 Å². The number of aryl methyl sites for hydroxylation is 1. The van der Waals surface area contributed by atoms with Crippen molar-refractivity contribution in [2.24, 2.45) is 0 Å². The number of hydrogen-bond acceptors (Lipinski definition) is 2. The van der Waals surface area contributed by atoms with Gasteiger partial charge in [-0.3, -0.25) is 4.55 Å². The zero-order valence-corrected chi connectivity index (χ0v) is 7.25. The lowest BCUT2D eigenvalue weighted by molar-refractivity contribution is 0.476. The van der Waals surface area contributed by atoms with E-state index < -0.39 is 10.3 Å². The van der Waals surface area contributed by atoms with Crippen LogP contribution < -0.4 is 4.72 Å². The SMILES string of the molecule is Cc1ccccc1[N]S(=O)(=O)O. The van der Waals surface area contributed by atoms with Gasteiger partial charge in [-0.05, 0) is 18.6 Å². The molecule has 1 radical (unpaired) electrons. The Balaban J connectivity index is 2.98. The molecular weight excluding hydrogens is 178 g/mol. The summed E-state index contributed by atoms with van der Waals surface area (Å²) >= 11 is 0. The van der Waals surface area contributed by atoms with Gasteiger partial charge in [0.15, 0.2) is 0 Å². The van der Waals surface area contributed by atoms with Crippen LogP contribution in [0.4, 0.5) is 5.69 Å². The lowest BCUT2D eigenvalue weighted by atomic mass is 10.2. The van der Waals surface area contributed by atoms with Gasteiger partial charge in [0.1, 0.15) is 0 Å². The molecule has 1 N–H and O–H groups in total. The Hall–Kier alpha value is -1.07. The van der Waals surface area contributed by atoms with E-state index in [9.17, 15) is 8.42 Å². The van der Waals surface area contributed by atoms with Gasteiger partial charge in [0.25, 0.3) is 0 Å². The molecule has 0 amide bonds. The second-order valence-electron chi connectivity index (χ2n) is 2.33. The highest BCUT2D eigenvalue weighted by molar-refractivity contribution is 7.83. The molecule has 4 nitrogen and oxygen atoms in total. The van der Waals surface area contributed by atoms with Crippen LogP contribution in [0, 0.1) is 6.92 Å². The first-order valence-electron chi connectivity index (χ1n) is 3.25. The van der Waals surface area contributed by atoms with E-state index in [-0.39, 0.29) is 5.69 Å². The molecule has 65 valence electrons. The molecule has 0 aliphatic heterocycles. The van der Waals surface area contributed by atoms with Crippen LogP contribution in [-0.2, 0) is 10.3 Å².